The predicted molar refractivity (Wildman–Crippen MR) is 81.4 cm³/mol. The van der Waals surface area contributed by atoms with Crippen molar-refractivity contribution in [3.63, 3.8) is 0 Å². The Labute approximate surface area is 128 Å². The predicted octanol–water partition coefficient (Wildman–Crippen LogP) is 1.92. The lowest BCUT2D eigenvalue weighted by Gasteiger charge is -2.11. The molecule has 0 saturated heterocycles. The maximum Gasteiger partial charge on any atom is 0.191 e. The van der Waals surface area contributed by atoms with Crippen molar-refractivity contribution in [2.75, 3.05) is 13.1 Å². The second kappa shape index (κ2) is 8.11. The van der Waals surface area contributed by atoms with Crippen LogP contribution in [0.25, 0.3) is 0 Å². The van der Waals surface area contributed by atoms with Gasteiger partial charge in [0, 0.05) is 37.6 Å². The molecule has 0 amide bonds. The minimum absolute atomic E-state index is 0.0734. The average Bonchev–Trinajstić information content (AvgIpc) is 3.01. The summed E-state index contributed by atoms with van der Waals surface area (Å²) in [5, 5.41) is 6.20. The zero-order valence-electron chi connectivity index (χ0n) is 12.4. The average molecular weight is 307 g/mol. The van der Waals surface area contributed by atoms with Crippen LogP contribution in [0.2, 0.25) is 0 Å². The fourth-order valence-corrected chi connectivity index (χ4v) is 1.89. The molecule has 7 heteroatoms. The Morgan fingerprint density at radius 2 is 2.18 bits per heavy atom. The largest absolute Gasteiger partial charge is 0.357 e. The first-order chi connectivity index (χ1) is 10.7. The normalized spacial score (nSPS) is 11.5. The molecule has 0 bridgehead atoms. The molecule has 0 aliphatic heterocycles. The van der Waals surface area contributed by atoms with E-state index in [0.717, 1.165) is 24.7 Å². The van der Waals surface area contributed by atoms with E-state index in [0.29, 0.717) is 19.0 Å². The molecule has 2 rings (SSSR count). The minimum Gasteiger partial charge on any atom is -0.357 e. The number of imidazole rings is 1. The fourth-order valence-electron chi connectivity index (χ4n) is 1.89. The maximum atomic E-state index is 13.6. The molecule has 0 saturated carbocycles. The molecule has 0 atom stereocenters. The van der Waals surface area contributed by atoms with Crippen molar-refractivity contribution in [3.05, 3.63) is 54.1 Å². The van der Waals surface area contributed by atoms with Gasteiger partial charge < -0.3 is 15.2 Å². The summed E-state index contributed by atoms with van der Waals surface area (Å²) >= 11 is 0. The van der Waals surface area contributed by atoms with E-state index in [9.17, 15) is 8.78 Å². The van der Waals surface area contributed by atoms with E-state index in [-0.39, 0.29) is 12.1 Å². The van der Waals surface area contributed by atoms with Crippen molar-refractivity contribution >= 4 is 5.96 Å². The van der Waals surface area contributed by atoms with E-state index in [1.165, 1.54) is 0 Å². The topological polar surface area (TPSA) is 54.2 Å². The molecule has 2 N–H and O–H groups in total. The van der Waals surface area contributed by atoms with Gasteiger partial charge in [0.15, 0.2) is 5.96 Å². The number of hydrogen-bond donors (Lipinski definition) is 2. The SMILES string of the molecule is CCNC(=NCc1cc(F)ccc1F)NCCn1ccnc1. The third-order valence-electron chi connectivity index (χ3n) is 2.98. The quantitative estimate of drug-likeness (QED) is 0.633. The molecule has 0 aliphatic rings. The van der Waals surface area contributed by atoms with Crippen molar-refractivity contribution in [3.8, 4) is 0 Å². The Bertz CT molecular complexity index is 610. The molecule has 1 heterocycles. The number of hydrogen-bond acceptors (Lipinski definition) is 2. The van der Waals surface area contributed by atoms with E-state index < -0.39 is 11.6 Å². The molecule has 1 aromatic carbocycles. The van der Waals surface area contributed by atoms with Crippen molar-refractivity contribution in [2.45, 2.75) is 20.0 Å². The van der Waals surface area contributed by atoms with Crippen LogP contribution in [0.4, 0.5) is 8.78 Å². The first kappa shape index (κ1) is 15.9. The summed E-state index contributed by atoms with van der Waals surface area (Å²) in [5.41, 5.74) is 0.229. The Hall–Kier alpha value is -2.44. The fraction of sp³-hybridized carbons (Fsp3) is 0.333. The number of aromatic nitrogens is 2. The summed E-state index contributed by atoms with van der Waals surface area (Å²) in [6.07, 6.45) is 5.31. The second-order valence-corrected chi connectivity index (χ2v) is 4.66. The molecular formula is C15H19F2N5. The second-order valence-electron chi connectivity index (χ2n) is 4.66. The van der Waals surface area contributed by atoms with Crippen molar-refractivity contribution < 1.29 is 8.78 Å². The van der Waals surface area contributed by atoms with Crippen LogP contribution in [0.15, 0.2) is 41.9 Å². The van der Waals surface area contributed by atoms with Gasteiger partial charge in [-0.3, -0.25) is 0 Å². The highest BCUT2D eigenvalue weighted by Gasteiger charge is 2.04. The number of halogens is 2. The zero-order chi connectivity index (χ0) is 15.8. The van der Waals surface area contributed by atoms with Crippen LogP contribution in [-0.2, 0) is 13.1 Å². The zero-order valence-corrected chi connectivity index (χ0v) is 12.4. The first-order valence-electron chi connectivity index (χ1n) is 7.11. The Morgan fingerprint density at radius 1 is 1.32 bits per heavy atom. The molecular weight excluding hydrogens is 288 g/mol. The van der Waals surface area contributed by atoms with Crippen LogP contribution in [-0.4, -0.2) is 28.6 Å². The number of benzene rings is 1. The van der Waals surface area contributed by atoms with Gasteiger partial charge in [-0.25, -0.2) is 18.8 Å². The van der Waals surface area contributed by atoms with Gasteiger partial charge in [0.2, 0.25) is 0 Å². The lowest BCUT2D eigenvalue weighted by molar-refractivity contribution is 0.585. The first-order valence-corrected chi connectivity index (χ1v) is 7.11. The number of rotatable bonds is 6. The number of aliphatic imine (C=N–C) groups is 1. The van der Waals surface area contributed by atoms with Crippen LogP contribution >= 0.6 is 0 Å². The summed E-state index contributed by atoms with van der Waals surface area (Å²) in [5.74, 6) is -0.365. The highest BCUT2D eigenvalue weighted by Crippen LogP contribution is 2.10. The van der Waals surface area contributed by atoms with Gasteiger partial charge in [-0.1, -0.05) is 0 Å². The molecule has 5 nitrogen and oxygen atoms in total. The van der Waals surface area contributed by atoms with E-state index >= 15 is 0 Å². The molecule has 118 valence electrons. The Morgan fingerprint density at radius 3 is 2.91 bits per heavy atom. The summed E-state index contributed by atoms with van der Waals surface area (Å²) in [6.45, 7) is 4.08. The van der Waals surface area contributed by atoms with Crippen LogP contribution in [0.3, 0.4) is 0 Å². The van der Waals surface area contributed by atoms with Crippen LogP contribution in [0.5, 0.6) is 0 Å². The molecule has 0 unspecified atom stereocenters. The van der Waals surface area contributed by atoms with Gasteiger partial charge >= 0.3 is 0 Å². The number of nitrogens with zero attached hydrogens (tertiary/aromatic N) is 3. The van der Waals surface area contributed by atoms with Gasteiger partial charge in [-0.05, 0) is 25.1 Å². The number of nitrogens with one attached hydrogen (secondary N) is 2. The van der Waals surface area contributed by atoms with Crippen molar-refractivity contribution in [1.82, 2.24) is 20.2 Å². The molecule has 0 radical (unpaired) electrons. The summed E-state index contributed by atoms with van der Waals surface area (Å²) in [4.78, 5) is 8.23. The smallest absolute Gasteiger partial charge is 0.191 e. The minimum atomic E-state index is -0.468. The lowest BCUT2D eigenvalue weighted by Crippen LogP contribution is -2.38. The summed E-state index contributed by atoms with van der Waals surface area (Å²) in [6, 6.07) is 3.37. The highest BCUT2D eigenvalue weighted by atomic mass is 19.1. The number of guanidine groups is 1. The van der Waals surface area contributed by atoms with Crippen molar-refractivity contribution in [1.29, 1.82) is 0 Å². The van der Waals surface area contributed by atoms with E-state index in [1.54, 1.807) is 12.5 Å². The molecule has 0 aliphatic carbocycles. The van der Waals surface area contributed by atoms with E-state index in [1.807, 2.05) is 17.7 Å². The van der Waals surface area contributed by atoms with Crippen LogP contribution in [0.1, 0.15) is 12.5 Å². The molecule has 1 aromatic heterocycles. The van der Waals surface area contributed by atoms with Gasteiger partial charge in [0.05, 0.1) is 12.9 Å². The third kappa shape index (κ3) is 4.83. The molecule has 0 spiro atoms. The third-order valence-corrected chi connectivity index (χ3v) is 2.98. The summed E-state index contributed by atoms with van der Waals surface area (Å²) < 4.78 is 28.6. The summed E-state index contributed by atoms with van der Waals surface area (Å²) in [7, 11) is 0. The molecule has 22 heavy (non-hydrogen) atoms. The van der Waals surface area contributed by atoms with Gasteiger partial charge in [0.1, 0.15) is 11.6 Å². The molecule has 0 fully saturated rings. The standard InChI is InChI=1S/C15H19F2N5/c1-2-19-15(20-6-8-22-7-5-18-11-22)21-10-12-9-13(16)3-4-14(12)17/h3-5,7,9,11H,2,6,8,10H2,1H3,(H2,19,20,21). The Kier molecular flexibility index (Phi) is 5.88. The maximum absolute atomic E-state index is 13.6. The lowest BCUT2D eigenvalue weighted by atomic mass is 10.2. The Balaban J connectivity index is 1.92. The van der Waals surface area contributed by atoms with Gasteiger partial charge in [-0.2, -0.15) is 0 Å². The van der Waals surface area contributed by atoms with E-state index in [4.69, 9.17) is 0 Å². The van der Waals surface area contributed by atoms with Gasteiger partial charge in [-0.15, -0.1) is 0 Å². The van der Waals surface area contributed by atoms with Crippen molar-refractivity contribution in [2.24, 2.45) is 4.99 Å². The van der Waals surface area contributed by atoms with Crippen LogP contribution in [0, 0.1) is 11.6 Å². The van der Waals surface area contributed by atoms with Gasteiger partial charge in [0.25, 0.3) is 0 Å². The highest BCUT2D eigenvalue weighted by molar-refractivity contribution is 5.79. The van der Waals surface area contributed by atoms with E-state index in [2.05, 4.69) is 20.6 Å². The van der Waals surface area contributed by atoms with Crippen LogP contribution < -0.4 is 10.6 Å². The monoisotopic (exact) mass is 307 g/mol. The molecule has 2 aromatic rings.